The van der Waals surface area contributed by atoms with Gasteiger partial charge in [0.2, 0.25) is 10.0 Å². The normalized spacial score (nSPS) is 11.8. The minimum atomic E-state index is -3.42. The summed E-state index contributed by atoms with van der Waals surface area (Å²) in [4.78, 5) is 2.45. The van der Waals surface area contributed by atoms with Crippen LogP contribution in [-0.4, -0.2) is 53.0 Å². The third-order valence-corrected chi connectivity index (χ3v) is 5.02. The molecule has 1 aromatic carbocycles. The summed E-state index contributed by atoms with van der Waals surface area (Å²) in [6, 6.07) is 7.17. The van der Waals surface area contributed by atoms with Crippen LogP contribution in [0, 0.1) is 0 Å². The molecule has 0 aliphatic heterocycles. The Morgan fingerprint density at radius 1 is 1.15 bits per heavy atom. The number of rotatable bonds is 8. The molecule has 0 radical (unpaired) electrons. The molecule has 0 heterocycles. The first kappa shape index (κ1) is 16.9. The maximum atomic E-state index is 12.4. The van der Waals surface area contributed by atoms with Gasteiger partial charge in [-0.3, -0.25) is 0 Å². The fraction of sp³-hybridized carbons (Fsp3) is 0.571. The van der Waals surface area contributed by atoms with Gasteiger partial charge in [-0.15, -0.1) is 0 Å². The number of hydrogen-bond acceptors (Lipinski definition) is 4. The fourth-order valence-corrected chi connectivity index (χ4v) is 3.08. The second-order valence-corrected chi connectivity index (χ2v) is 6.81. The molecule has 0 aliphatic rings. The van der Waals surface area contributed by atoms with Gasteiger partial charge in [0.15, 0.2) is 0 Å². The number of benzene rings is 1. The van der Waals surface area contributed by atoms with Crippen LogP contribution >= 0.6 is 0 Å². The van der Waals surface area contributed by atoms with Gasteiger partial charge >= 0.3 is 0 Å². The molecule has 0 aromatic heterocycles. The Hall–Kier alpha value is -1.11. The second kappa shape index (κ2) is 7.61. The van der Waals surface area contributed by atoms with Crippen LogP contribution in [0.1, 0.15) is 13.8 Å². The van der Waals surface area contributed by atoms with Crippen LogP contribution in [0.2, 0.25) is 0 Å². The summed E-state index contributed by atoms with van der Waals surface area (Å²) in [6.45, 7) is 7.39. The van der Waals surface area contributed by atoms with Crippen LogP contribution in [0.3, 0.4) is 0 Å². The number of likely N-dealkylation sites (N-methyl/N-ethyl adjacent to an activating group) is 2. The predicted octanol–water partition coefficient (Wildman–Crippen LogP) is 1.37. The van der Waals surface area contributed by atoms with E-state index in [4.69, 9.17) is 0 Å². The van der Waals surface area contributed by atoms with Gasteiger partial charge in [-0.25, -0.2) is 12.7 Å². The van der Waals surface area contributed by atoms with Crippen LogP contribution in [0.25, 0.3) is 0 Å². The first-order valence-electron chi connectivity index (χ1n) is 6.92. The molecular formula is C14H25N3O2S. The van der Waals surface area contributed by atoms with Crippen molar-refractivity contribution in [1.82, 2.24) is 9.62 Å². The van der Waals surface area contributed by atoms with Crippen molar-refractivity contribution in [3.8, 4) is 0 Å². The van der Waals surface area contributed by atoms with E-state index in [1.165, 1.54) is 4.31 Å². The maximum absolute atomic E-state index is 12.4. The molecule has 20 heavy (non-hydrogen) atoms. The van der Waals surface area contributed by atoms with Gasteiger partial charge in [0.25, 0.3) is 0 Å². The van der Waals surface area contributed by atoms with Gasteiger partial charge in [-0.05, 0) is 25.6 Å². The monoisotopic (exact) mass is 299 g/mol. The van der Waals surface area contributed by atoms with Crippen molar-refractivity contribution in [3.63, 3.8) is 0 Å². The molecule has 0 bridgehead atoms. The largest absolute Gasteiger partial charge is 0.369 e. The molecule has 0 saturated carbocycles. The Bertz CT molecular complexity index is 515. The van der Waals surface area contributed by atoms with Crippen LogP contribution < -0.4 is 10.2 Å². The van der Waals surface area contributed by atoms with Gasteiger partial charge in [-0.1, -0.05) is 19.1 Å². The number of para-hydroxylation sites is 1. The number of hydrogen-bond donors (Lipinski definition) is 1. The summed E-state index contributed by atoms with van der Waals surface area (Å²) in [7, 11) is -0.309. The summed E-state index contributed by atoms with van der Waals surface area (Å²) in [5.41, 5.74) is 0.765. The molecule has 0 spiro atoms. The lowest BCUT2D eigenvalue weighted by molar-refractivity contribution is 0.520. The molecule has 0 fully saturated rings. The predicted molar refractivity (Wildman–Crippen MR) is 83.7 cm³/mol. The average molecular weight is 299 g/mol. The first-order chi connectivity index (χ1) is 9.45. The van der Waals surface area contributed by atoms with Crippen molar-refractivity contribution < 1.29 is 8.42 Å². The highest BCUT2D eigenvalue weighted by molar-refractivity contribution is 7.89. The van der Waals surface area contributed by atoms with Crippen LogP contribution in [0.5, 0.6) is 0 Å². The summed E-state index contributed by atoms with van der Waals surface area (Å²) in [5, 5.41) is 3.26. The summed E-state index contributed by atoms with van der Waals surface area (Å²) in [6.07, 6.45) is 0. The number of nitrogens with one attached hydrogen (secondary N) is 1. The molecule has 1 rings (SSSR count). The smallest absolute Gasteiger partial charge is 0.244 e. The lowest BCUT2D eigenvalue weighted by Crippen LogP contribution is -2.33. The molecule has 5 nitrogen and oxygen atoms in total. The summed E-state index contributed by atoms with van der Waals surface area (Å²) >= 11 is 0. The third-order valence-electron chi connectivity index (χ3n) is 3.15. The molecular weight excluding hydrogens is 274 g/mol. The highest BCUT2D eigenvalue weighted by atomic mass is 32.2. The molecule has 6 heteroatoms. The van der Waals surface area contributed by atoms with Crippen LogP contribution in [0.15, 0.2) is 29.2 Å². The average Bonchev–Trinajstić information content (AvgIpc) is 2.43. The van der Waals surface area contributed by atoms with Crippen LogP contribution in [-0.2, 0) is 10.0 Å². The SMILES string of the molecule is CCNCCN(CC)c1ccccc1S(=O)(=O)N(C)C. The van der Waals surface area contributed by atoms with Crippen LogP contribution in [0.4, 0.5) is 5.69 Å². The molecule has 0 amide bonds. The maximum Gasteiger partial charge on any atom is 0.244 e. The van der Waals surface area contributed by atoms with Crippen molar-refractivity contribution in [2.24, 2.45) is 0 Å². The second-order valence-electron chi connectivity index (χ2n) is 4.69. The van der Waals surface area contributed by atoms with E-state index in [-0.39, 0.29) is 0 Å². The first-order valence-corrected chi connectivity index (χ1v) is 8.36. The zero-order chi connectivity index (χ0) is 15.2. The molecule has 0 atom stereocenters. The lowest BCUT2D eigenvalue weighted by atomic mass is 10.3. The zero-order valence-corrected chi connectivity index (χ0v) is 13.6. The van der Waals surface area contributed by atoms with Crippen molar-refractivity contribution >= 4 is 15.7 Å². The molecule has 0 aliphatic carbocycles. The Kier molecular flexibility index (Phi) is 6.45. The minimum absolute atomic E-state index is 0.364. The van der Waals surface area contributed by atoms with Gasteiger partial charge < -0.3 is 10.2 Å². The van der Waals surface area contributed by atoms with Gasteiger partial charge in [0.1, 0.15) is 4.90 Å². The van der Waals surface area contributed by atoms with Crippen molar-refractivity contribution in [3.05, 3.63) is 24.3 Å². The minimum Gasteiger partial charge on any atom is -0.369 e. The Balaban J connectivity index is 3.11. The van der Waals surface area contributed by atoms with E-state index >= 15 is 0 Å². The Labute approximate surface area is 122 Å². The van der Waals surface area contributed by atoms with Crippen molar-refractivity contribution in [2.45, 2.75) is 18.7 Å². The fourth-order valence-electron chi connectivity index (χ4n) is 1.97. The number of sulfonamides is 1. The van der Waals surface area contributed by atoms with E-state index in [0.717, 1.165) is 31.9 Å². The highest BCUT2D eigenvalue weighted by Gasteiger charge is 2.22. The zero-order valence-electron chi connectivity index (χ0n) is 12.8. The molecule has 114 valence electrons. The van der Waals surface area contributed by atoms with Crippen molar-refractivity contribution in [1.29, 1.82) is 0 Å². The standard InChI is InChI=1S/C14H25N3O2S/c1-5-15-11-12-17(6-2)13-9-7-8-10-14(13)20(18,19)16(3)4/h7-10,15H,5-6,11-12H2,1-4H3. The number of anilines is 1. The quantitative estimate of drug-likeness (QED) is 0.737. The topological polar surface area (TPSA) is 52.7 Å². The van der Waals surface area contributed by atoms with E-state index in [2.05, 4.69) is 17.1 Å². The molecule has 0 unspecified atom stereocenters. The van der Waals surface area contributed by atoms with E-state index in [0.29, 0.717) is 4.90 Å². The van der Waals surface area contributed by atoms with Gasteiger partial charge in [0.05, 0.1) is 5.69 Å². The molecule has 1 N–H and O–H groups in total. The van der Waals surface area contributed by atoms with E-state index in [1.54, 1.807) is 26.2 Å². The van der Waals surface area contributed by atoms with E-state index in [1.807, 2.05) is 19.1 Å². The van der Waals surface area contributed by atoms with Gasteiger partial charge in [0, 0.05) is 33.7 Å². The third kappa shape index (κ3) is 3.94. The Morgan fingerprint density at radius 3 is 2.35 bits per heavy atom. The highest BCUT2D eigenvalue weighted by Crippen LogP contribution is 2.26. The summed E-state index contributed by atoms with van der Waals surface area (Å²) < 4.78 is 26.0. The number of nitrogens with zero attached hydrogens (tertiary/aromatic N) is 2. The van der Waals surface area contributed by atoms with Crippen molar-refractivity contribution in [2.75, 3.05) is 45.2 Å². The van der Waals surface area contributed by atoms with Gasteiger partial charge in [-0.2, -0.15) is 0 Å². The van der Waals surface area contributed by atoms with E-state index in [9.17, 15) is 8.42 Å². The van der Waals surface area contributed by atoms with E-state index < -0.39 is 10.0 Å². The molecule has 0 saturated heterocycles. The Morgan fingerprint density at radius 2 is 1.80 bits per heavy atom. The lowest BCUT2D eigenvalue weighted by Gasteiger charge is -2.26. The molecule has 1 aromatic rings. The summed E-state index contributed by atoms with van der Waals surface area (Å²) in [5.74, 6) is 0.